The van der Waals surface area contributed by atoms with E-state index in [1.54, 1.807) is 0 Å². The van der Waals surface area contributed by atoms with Crippen molar-refractivity contribution in [3.8, 4) is 0 Å². The molecule has 94 valence electrons. The van der Waals surface area contributed by atoms with Gasteiger partial charge in [-0.05, 0) is 43.9 Å². The van der Waals surface area contributed by atoms with Gasteiger partial charge in [0.15, 0.2) is 0 Å². The first-order chi connectivity index (χ1) is 7.38. The predicted molar refractivity (Wildman–Crippen MR) is 54.9 cm³/mol. The molecule has 2 atom stereocenters. The molecule has 4 heteroatoms. The molecule has 2 fully saturated rings. The summed E-state index contributed by atoms with van der Waals surface area (Å²) >= 11 is 0. The Bertz CT molecular complexity index is 255. The lowest BCUT2D eigenvalue weighted by atomic mass is 9.77. The third-order valence-electron chi connectivity index (χ3n) is 4.51. The van der Waals surface area contributed by atoms with Gasteiger partial charge in [0.05, 0.1) is 11.5 Å². The highest BCUT2D eigenvalue weighted by molar-refractivity contribution is 5.07. The molecule has 0 saturated heterocycles. The molecule has 2 saturated carbocycles. The zero-order chi connectivity index (χ0) is 12.0. The second-order valence-corrected chi connectivity index (χ2v) is 5.39. The molecule has 0 aromatic rings. The summed E-state index contributed by atoms with van der Waals surface area (Å²) in [7, 11) is 0. The molecular weight excluding hydrogens is 217 g/mol. The normalized spacial score (nSPS) is 44.4. The molecule has 2 unspecified atom stereocenters. The van der Waals surface area contributed by atoms with Gasteiger partial charge in [-0.25, -0.2) is 0 Å². The minimum absolute atomic E-state index is 0.107. The average molecular weight is 236 g/mol. The maximum Gasteiger partial charge on any atom is 0.391 e. The van der Waals surface area contributed by atoms with Gasteiger partial charge < -0.3 is 5.11 Å². The van der Waals surface area contributed by atoms with Crippen LogP contribution in [0.15, 0.2) is 0 Å². The molecule has 16 heavy (non-hydrogen) atoms. The first kappa shape index (κ1) is 12.2. The molecular formula is C12H19F3O. The molecule has 1 N–H and O–H groups in total. The maximum absolute atomic E-state index is 12.5. The second kappa shape index (κ2) is 3.90. The van der Waals surface area contributed by atoms with E-state index in [9.17, 15) is 18.3 Å². The van der Waals surface area contributed by atoms with Gasteiger partial charge in [-0.1, -0.05) is 13.3 Å². The molecule has 1 nitrogen and oxygen atoms in total. The van der Waals surface area contributed by atoms with Gasteiger partial charge in [0.25, 0.3) is 0 Å². The molecule has 0 amide bonds. The Morgan fingerprint density at radius 1 is 1.19 bits per heavy atom. The van der Waals surface area contributed by atoms with Gasteiger partial charge in [-0.2, -0.15) is 13.2 Å². The van der Waals surface area contributed by atoms with Crippen molar-refractivity contribution in [2.24, 2.45) is 17.8 Å². The number of aliphatic hydroxyl groups is 1. The third kappa shape index (κ3) is 2.08. The summed E-state index contributed by atoms with van der Waals surface area (Å²) in [6.45, 7) is 2.03. The number of halogens is 3. The Labute approximate surface area is 94.0 Å². The monoisotopic (exact) mass is 236 g/mol. The van der Waals surface area contributed by atoms with Crippen LogP contribution in [0.1, 0.15) is 45.4 Å². The van der Waals surface area contributed by atoms with Gasteiger partial charge in [0, 0.05) is 0 Å². The molecule has 0 spiro atoms. The van der Waals surface area contributed by atoms with Crippen LogP contribution in [-0.4, -0.2) is 16.9 Å². The quantitative estimate of drug-likeness (QED) is 0.777. The van der Waals surface area contributed by atoms with E-state index in [-0.39, 0.29) is 18.8 Å². The fourth-order valence-electron chi connectivity index (χ4n) is 3.25. The number of hydrogen-bond acceptors (Lipinski definition) is 1. The van der Waals surface area contributed by atoms with Gasteiger partial charge >= 0.3 is 6.18 Å². The standard InChI is InChI=1S/C12H19F3O/c1-2-8-7-11(8,16)9-3-5-10(6-4-9)12(13,14)15/h8-10,16H,2-7H2,1H3. The van der Waals surface area contributed by atoms with Gasteiger partial charge in [0.2, 0.25) is 0 Å². The highest BCUT2D eigenvalue weighted by Gasteiger charge is 2.57. The lowest BCUT2D eigenvalue weighted by Crippen LogP contribution is -2.33. The maximum atomic E-state index is 12.5. The van der Waals surface area contributed by atoms with Crippen molar-refractivity contribution < 1.29 is 18.3 Å². The van der Waals surface area contributed by atoms with Crippen molar-refractivity contribution >= 4 is 0 Å². The summed E-state index contributed by atoms with van der Waals surface area (Å²) in [5.41, 5.74) is -0.620. The SMILES string of the molecule is CCC1CC1(O)C1CCC(C(F)(F)F)CC1. The zero-order valence-electron chi connectivity index (χ0n) is 9.56. The molecule has 0 bridgehead atoms. The number of rotatable bonds is 2. The number of alkyl halides is 3. The van der Waals surface area contributed by atoms with Crippen molar-refractivity contribution in [2.75, 3.05) is 0 Å². The molecule has 2 aliphatic rings. The third-order valence-corrected chi connectivity index (χ3v) is 4.51. The van der Waals surface area contributed by atoms with Crippen LogP contribution in [0.2, 0.25) is 0 Å². The van der Waals surface area contributed by atoms with Gasteiger partial charge in [-0.15, -0.1) is 0 Å². The highest BCUT2D eigenvalue weighted by atomic mass is 19.4. The Balaban J connectivity index is 1.87. The fraction of sp³-hybridized carbons (Fsp3) is 1.00. The molecule has 0 aromatic heterocycles. The molecule has 0 heterocycles. The van der Waals surface area contributed by atoms with Crippen LogP contribution in [-0.2, 0) is 0 Å². The van der Waals surface area contributed by atoms with E-state index < -0.39 is 17.7 Å². The van der Waals surface area contributed by atoms with Crippen molar-refractivity contribution in [1.29, 1.82) is 0 Å². The smallest absolute Gasteiger partial charge is 0.389 e. The van der Waals surface area contributed by atoms with E-state index in [2.05, 4.69) is 0 Å². The summed E-state index contributed by atoms with van der Waals surface area (Å²) < 4.78 is 37.4. The summed E-state index contributed by atoms with van der Waals surface area (Å²) in [5.74, 6) is -0.692. The highest BCUT2D eigenvalue weighted by Crippen LogP contribution is 2.56. The van der Waals surface area contributed by atoms with Crippen LogP contribution < -0.4 is 0 Å². The van der Waals surface area contributed by atoms with Crippen molar-refractivity contribution in [3.05, 3.63) is 0 Å². The topological polar surface area (TPSA) is 20.2 Å². The van der Waals surface area contributed by atoms with E-state index in [4.69, 9.17) is 0 Å². The predicted octanol–water partition coefficient (Wildman–Crippen LogP) is 3.52. The summed E-state index contributed by atoms with van der Waals surface area (Å²) in [5, 5.41) is 10.2. The van der Waals surface area contributed by atoms with Crippen molar-refractivity contribution in [1.82, 2.24) is 0 Å². The summed E-state index contributed by atoms with van der Waals surface area (Å²) in [6.07, 6.45) is -0.823. The van der Waals surface area contributed by atoms with Crippen molar-refractivity contribution in [3.63, 3.8) is 0 Å². The van der Waals surface area contributed by atoms with Crippen LogP contribution in [0.3, 0.4) is 0 Å². The van der Waals surface area contributed by atoms with Crippen LogP contribution in [0, 0.1) is 17.8 Å². The lowest BCUT2D eigenvalue weighted by Gasteiger charge is -2.33. The van der Waals surface area contributed by atoms with E-state index in [1.807, 2.05) is 6.92 Å². The van der Waals surface area contributed by atoms with Gasteiger partial charge in [0.1, 0.15) is 0 Å². The second-order valence-electron chi connectivity index (χ2n) is 5.39. The molecule has 0 aliphatic heterocycles. The van der Waals surface area contributed by atoms with Crippen LogP contribution in [0.4, 0.5) is 13.2 Å². The summed E-state index contributed by atoms with van der Waals surface area (Å²) in [6, 6.07) is 0. The van der Waals surface area contributed by atoms with E-state index in [0.29, 0.717) is 18.8 Å². The minimum atomic E-state index is -4.04. The zero-order valence-corrected chi connectivity index (χ0v) is 9.56. The molecule has 2 aliphatic carbocycles. The first-order valence-electron chi connectivity index (χ1n) is 6.17. The Morgan fingerprint density at radius 3 is 2.12 bits per heavy atom. The lowest BCUT2D eigenvalue weighted by molar-refractivity contribution is -0.186. The summed E-state index contributed by atoms with van der Waals surface area (Å²) in [4.78, 5) is 0. The van der Waals surface area contributed by atoms with E-state index in [0.717, 1.165) is 12.8 Å². The fourth-order valence-corrected chi connectivity index (χ4v) is 3.25. The van der Waals surface area contributed by atoms with Crippen LogP contribution in [0.5, 0.6) is 0 Å². The minimum Gasteiger partial charge on any atom is -0.389 e. The molecule has 0 aromatic carbocycles. The van der Waals surface area contributed by atoms with Crippen LogP contribution >= 0.6 is 0 Å². The Kier molecular flexibility index (Phi) is 2.97. The van der Waals surface area contributed by atoms with Gasteiger partial charge in [-0.3, -0.25) is 0 Å². The van der Waals surface area contributed by atoms with Crippen molar-refractivity contribution in [2.45, 2.75) is 57.2 Å². The largest absolute Gasteiger partial charge is 0.391 e. The number of hydrogen-bond donors (Lipinski definition) is 1. The Hall–Kier alpha value is -0.250. The van der Waals surface area contributed by atoms with Crippen LogP contribution in [0.25, 0.3) is 0 Å². The van der Waals surface area contributed by atoms with E-state index >= 15 is 0 Å². The first-order valence-corrected chi connectivity index (χ1v) is 6.17. The average Bonchev–Trinajstić information content (AvgIpc) is 2.90. The molecule has 2 rings (SSSR count). The van der Waals surface area contributed by atoms with E-state index in [1.165, 1.54) is 0 Å². The molecule has 0 radical (unpaired) electrons. The Morgan fingerprint density at radius 2 is 1.75 bits per heavy atom.